The number of aromatic amines is 1. The summed E-state index contributed by atoms with van der Waals surface area (Å²) >= 11 is 5.44. The van der Waals surface area contributed by atoms with Crippen LogP contribution in [0.3, 0.4) is 0 Å². The monoisotopic (exact) mass is 409 g/mol. The van der Waals surface area contributed by atoms with Gasteiger partial charge in [-0.2, -0.15) is 0 Å². The topological polar surface area (TPSA) is 76.1 Å². The van der Waals surface area contributed by atoms with Crippen LogP contribution in [-0.2, 0) is 6.54 Å². The molecular weight excluding hydrogens is 386 g/mol. The lowest BCUT2D eigenvalue weighted by Gasteiger charge is -2.13. The van der Waals surface area contributed by atoms with Crippen molar-refractivity contribution in [2.75, 3.05) is 7.11 Å². The fourth-order valence-corrected chi connectivity index (χ4v) is 4.14. The summed E-state index contributed by atoms with van der Waals surface area (Å²) in [5, 5.41) is 3.56. The Bertz CT molecular complexity index is 1180. The van der Waals surface area contributed by atoms with Crippen molar-refractivity contribution in [3.05, 3.63) is 68.7 Å². The van der Waals surface area contributed by atoms with Gasteiger partial charge in [0.25, 0.3) is 11.5 Å². The molecule has 2 N–H and O–H groups in total. The third-order valence-electron chi connectivity index (χ3n) is 5.46. The van der Waals surface area contributed by atoms with Gasteiger partial charge in [0.05, 0.1) is 24.6 Å². The number of methoxy groups -OCH3 is 1. The van der Waals surface area contributed by atoms with Gasteiger partial charge >= 0.3 is 0 Å². The number of nitrogens with zero attached hydrogens (tertiary/aromatic N) is 1. The maximum absolute atomic E-state index is 13.0. The first-order chi connectivity index (χ1) is 14.1. The summed E-state index contributed by atoms with van der Waals surface area (Å²) in [6, 6.07) is 12.8. The molecule has 6 nitrogen and oxygen atoms in total. The molecule has 1 aromatic heterocycles. The van der Waals surface area contributed by atoms with E-state index < -0.39 is 0 Å². The van der Waals surface area contributed by atoms with E-state index in [1.807, 2.05) is 24.3 Å². The molecule has 0 atom stereocenters. The molecule has 0 bridgehead atoms. The van der Waals surface area contributed by atoms with Gasteiger partial charge in [0.15, 0.2) is 4.77 Å². The van der Waals surface area contributed by atoms with Crippen molar-refractivity contribution in [2.45, 2.75) is 38.3 Å². The lowest BCUT2D eigenvalue weighted by molar-refractivity contribution is 0.0938. The first kappa shape index (κ1) is 19.4. The number of carbonyl (C=O) groups excluding carboxylic acids is 1. The third kappa shape index (κ3) is 3.96. The van der Waals surface area contributed by atoms with Gasteiger partial charge in [0, 0.05) is 17.2 Å². The molecule has 1 amide bonds. The number of para-hydroxylation sites is 1. The van der Waals surface area contributed by atoms with E-state index in [4.69, 9.17) is 17.0 Å². The highest BCUT2D eigenvalue weighted by Crippen LogP contribution is 2.20. The normalized spacial score (nSPS) is 14.2. The Labute approximate surface area is 173 Å². The van der Waals surface area contributed by atoms with Gasteiger partial charge in [-0.05, 0) is 49.3 Å². The van der Waals surface area contributed by atoms with Crippen LogP contribution >= 0.6 is 12.2 Å². The van der Waals surface area contributed by atoms with Gasteiger partial charge in [-0.25, -0.2) is 0 Å². The minimum absolute atomic E-state index is 0.115. The van der Waals surface area contributed by atoms with Crippen molar-refractivity contribution in [1.82, 2.24) is 14.9 Å². The molecule has 1 fully saturated rings. The number of hydrogen-bond acceptors (Lipinski definition) is 4. The maximum atomic E-state index is 13.0. The van der Waals surface area contributed by atoms with E-state index in [0.29, 0.717) is 33.5 Å². The summed E-state index contributed by atoms with van der Waals surface area (Å²) in [7, 11) is 1.60. The standard InChI is InChI=1S/C22H23N3O3S/c1-28-19-9-5-2-6-15(19)13-25-21(27)17-11-10-14(12-18(17)24-22(25)29)20(26)23-16-7-3-4-8-16/h2,5-6,9-12,16H,3-4,7-8,13H2,1H3,(H,23,26)(H,24,29). The number of fused-ring (bicyclic) bond motifs is 1. The molecule has 0 radical (unpaired) electrons. The van der Waals surface area contributed by atoms with Crippen molar-refractivity contribution >= 4 is 29.0 Å². The molecule has 2 aromatic carbocycles. The number of rotatable bonds is 5. The average Bonchev–Trinajstić information content (AvgIpc) is 3.24. The highest BCUT2D eigenvalue weighted by atomic mass is 32.1. The van der Waals surface area contributed by atoms with Gasteiger partial charge < -0.3 is 15.0 Å². The molecule has 1 saturated carbocycles. The molecule has 4 rings (SSSR count). The Hall–Kier alpha value is -2.93. The second-order valence-corrected chi connectivity index (χ2v) is 7.74. The van der Waals surface area contributed by atoms with Crippen LogP contribution in [0.1, 0.15) is 41.6 Å². The Kier molecular flexibility index (Phi) is 5.49. The molecule has 0 saturated heterocycles. The smallest absolute Gasteiger partial charge is 0.262 e. The molecule has 7 heteroatoms. The van der Waals surface area contributed by atoms with E-state index in [9.17, 15) is 9.59 Å². The maximum Gasteiger partial charge on any atom is 0.262 e. The number of H-pyrrole nitrogens is 1. The Morgan fingerprint density at radius 3 is 2.76 bits per heavy atom. The van der Waals surface area contributed by atoms with Gasteiger partial charge in [0.2, 0.25) is 0 Å². The minimum Gasteiger partial charge on any atom is -0.496 e. The first-order valence-electron chi connectivity index (χ1n) is 9.76. The van der Waals surface area contributed by atoms with E-state index in [2.05, 4.69) is 10.3 Å². The molecule has 0 spiro atoms. The SMILES string of the molecule is COc1ccccc1Cn1c(=S)[nH]c2cc(C(=O)NC3CCCC3)ccc2c1=O. The van der Waals surface area contributed by atoms with E-state index >= 15 is 0 Å². The number of carbonyl (C=O) groups is 1. The van der Waals surface area contributed by atoms with Gasteiger partial charge in [0.1, 0.15) is 5.75 Å². The molecular formula is C22H23N3O3S. The van der Waals surface area contributed by atoms with Crippen LogP contribution in [0.25, 0.3) is 10.9 Å². The van der Waals surface area contributed by atoms with Crippen LogP contribution in [0.2, 0.25) is 0 Å². The number of hydrogen-bond donors (Lipinski definition) is 2. The number of benzene rings is 2. The van der Waals surface area contributed by atoms with Crippen molar-refractivity contribution < 1.29 is 9.53 Å². The third-order valence-corrected chi connectivity index (χ3v) is 5.78. The van der Waals surface area contributed by atoms with Crippen molar-refractivity contribution in [3.8, 4) is 5.75 Å². The van der Waals surface area contributed by atoms with E-state index in [1.54, 1.807) is 25.3 Å². The second kappa shape index (κ2) is 8.21. The van der Waals surface area contributed by atoms with E-state index in [0.717, 1.165) is 31.2 Å². The number of ether oxygens (including phenoxy) is 1. The molecule has 1 aliphatic rings. The second-order valence-electron chi connectivity index (χ2n) is 7.35. The fourth-order valence-electron chi connectivity index (χ4n) is 3.88. The van der Waals surface area contributed by atoms with Crippen LogP contribution in [0.15, 0.2) is 47.3 Å². The zero-order valence-electron chi connectivity index (χ0n) is 16.2. The molecule has 0 aliphatic heterocycles. The Morgan fingerprint density at radius 1 is 1.24 bits per heavy atom. The number of aromatic nitrogens is 2. The molecule has 3 aromatic rings. The Balaban J connectivity index is 1.68. The average molecular weight is 410 g/mol. The summed E-state index contributed by atoms with van der Waals surface area (Å²) in [6.07, 6.45) is 4.35. The number of amides is 1. The van der Waals surface area contributed by atoms with E-state index in [-0.39, 0.29) is 17.5 Å². The molecule has 150 valence electrons. The lowest BCUT2D eigenvalue weighted by Crippen LogP contribution is -2.32. The van der Waals surface area contributed by atoms with Crippen molar-refractivity contribution in [3.63, 3.8) is 0 Å². The predicted octanol–water partition coefficient (Wildman–Crippen LogP) is 3.79. The highest BCUT2D eigenvalue weighted by molar-refractivity contribution is 7.71. The highest BCUT2D eigenvalue weighted by Gasteiger charge is 2.18. The quantitative estimate of drug-likeness (QED) is 0.629. The molecule has 0 unspecified atom stereocenters. The fraction of sp³-hybridized carbons (Fsp3) is 0.318. The predicted molar refractivity (Wildman–Crippen MR) is 115 cm³/mol. The van der Waals surface area contributed by atoms with Crippen LogP contribution in [0, 0.1) is 4.77 Å². The lowest BCUT2D eigenvalue weighted by atomic mass is 10.1. The van der Waals surface area contributed by atoms with Gasteiger partial charge in [-0.1, -0.05) is 31.0 Å². The van der Waals surface area contributed by atoms with Gasteiger partial charge in [-0.3, -0.25) is 14.2 Å². The molecule has 1 aliphatic carbocycles. The van der Waals surface area contributed by atoms with Crippen molar-refractivity contribution in [1.29, 1.82) is 0 Å². The van der Waals surface area contributed by atoms with Crippen LogP contribution in [0.5, 0.6) is 5.75 Å². The van der Waals surface area contributed by atoms with Crippen LogP contribution in [-0.4, -0.2) is 28.6 Å². The molecule has 29 heavy (non-hydrogen) atoms. The van der Waals surface area contributed by atoms with Crippen LogP contribution in [0.4, 0.5) is 0 Å². The zero-order valence-corrected chi connectivity index (χ0v) is 17.1. The summed E-state index contributed by atoms with van der Waals surface area (Å²) in [5.74, 6) is 0.587. The largest absolute Gasteiger partial charge is 0.496 e. The summed E-state index contributed by atoms with van der Waals surface area (Å²) in [6.45, 7) is 0.304. The summed E-state index contributed by atoms with van der Waals surface area (Å²) in [4.78, 5) is 28.7. The zero-order chi connectivity index (χ0) is 20.4. The Morgan fingerprint density at radius 2 is 2.00 bits per heavy atom. The van der Waals surface area contributed by atoms with Crippen LogP contribution < -0.4 is 15.6 Å². The van der Waals surface area contributed by atoms with E-state index in [1.165, 1.54) is 4.57 Å². The summed E-state index contributed by atoms with van der Waals surface area (Å²) in [5.41, 5.74) is 1.76. The first-order valence-corrected chi connectivity index (χ1v) is 10.2. The van der Waals surface area contributed by atoms with Crippen molar-refractivity contribution in [2.24, 2.45) is 0 Å². The summed E-state index contributed by atoms with van der Waals surface area (Å²) < 4.78 is 7.19. The van der Waals surface area contributed by atoms with Gasteiger partial charge in [-0.15, -0.1) is 0 Å². The molecule has 1 heterocycles. The number of nitrogens with one attached hydrogen (secondary N) is 2. The minimum atomic E-state index is -0.197.